The summed E-state index contributed by atoms with van der Waals surface area (Å²) in [4.78, 5) is 4.40. The first-order chi connectivity index (χ1) is 8.31. The zero-order valence-corrected chi connectivity index (χ0v) is 9.56. The third kappa shape index (κ3) is 1.54. The highest BCUT2D eigenvalue weighted by molar-refractivity contribution is 5.84. The number of hydrogen-bond acceptors (Lipinski definition) is 4. The highest BCUT2D eigenvalue weighted by Crippen LogP contribution is 2.37. The smallest absolute Gasteiger partial charge is 0.218 e. The van der Waals surface area contributed by atoms with E-state index < -0.39 is 0 Å². The average molecular weight is 232 g/mol. The lowest BCUT2D eigenvalue weighted by molar-refractivity contribution is 0.470. The standard InChI is InChI=1S/C12H16N4O/c13-15-12-14-9-6-3-7-10(17)11(9)16(12)8-4-1-2-5-8/h3,6-8,17H,1-2,4-5,13H2,(H,14,15). The number of nitrogens with two attached hydrogens (primary N) is 1. The molecule has 4 N–H and O–H groups in total. The minimum atomic E-state index is 0.267. The fourth-order valence-corrected chi connectivity index (χ4v) is 2.75. The van der Waals surface area contributed by atoms with Gasteiger partial charge in [-0.3, -0.25) is 5.43 Å². The van der Waals surface area contributed by atoms with Gasteiger partial charge >= 0.3 is 0 Å². The van der Waals surface area contributed by atoms with Crippen molar-refractivity contribution in [3.05, 3.63) is 18.2 Å². The Labute approximate surface area is 99.2 Å². The quantitative estimate of drug-likeness (QED) is 0.547. The molecular formula is C12H16N4O. The molecule has 1 saturated carbocycles. The number of fused-ring (bicyclic) bond motifs is 1. The first-order valence-corrected chi connectivity index (χ1v) is 5.98. The zero-order valence-electron chi connectivity index (χ0n) is 9.56. The molecule has 0 saturated heterocycles. The van der Waals surface area contributed by atoms with Crippen LogP contribution >= 0.6 is 0 Å². The number of imidazole rings is 1. The molecular weight excluding hydrogens is 216 g/mol. The normalized spacial score (nSPS) is 16.8. The third-order valence-corrected chi connectivity index (χ3v) is 3.51. The van der Waals surface area contributed by atoms with Gasteiger partial charge in [-0.05, 0) is 25.0 Å². The maximum Gasteiger partial charge on any atom is 0.218 e. The summed E-state index contributed by atoms with van der Waals surface area (Å²) in [5, 5.41) is 9.99. The van der Waals surface area contributed by atoms with Crippen LogP contribution in [0.4, 0.5) is 5.95 Å². The van der Waals surface area contributed by atoms with Gasteiger partial charge in [0, 0.05) is 6.04 Å². The average Bonchev–Trinajstić information content (AvgIpc) is 2.95. The molecule has 1 aromatic carbocycles. The van der Waals surface area contributed by atoms with E-state index in [1.54, 1.807) is 12.1 Å². The lowest BCUT2D eigenvalue weighted by atomic mass is 10.2. The van der Waals surface area contributed by atoms with Crippen LogP contribution in [0.5, 0.6) is 5.75 Å². The van der Waals surface area contributed by atoms with Gasteiger partial charge in [-0.15, -0.1) is 0 Å². The topological polar surface area (TPSA) is 76.1 Å². The molecule has 0 spiro atoms. The van der Waals surface area contributed by atoms with Crippen LogP contribution in [0.1, 0.15) is 31.7 Å². The van der Waals surface area contributed by atoms with Gasteiger partial charge in [0.25, 0.3) is 0 Å². The Morgan fingerprint density at radius 3 is 2.82 bits per heavy atom. The summed E-state index contributed by atoms with van der Waals surface area (Å²) in [6.07, 6.45) is 4.69. The Morgan fingerprint density at radius 2 is 2.12 bits per heavy atom. The molecule has 1 aliphatic rings. The number of anilines is 1. The molecule has 1 aliphatic carbocycles. The van der Waals surface area contributed by atoms with Gasteiger partial charge in [0.05, 0.1) is 5.52 Å². The van der Waals surface area contributed by atoms with Crippen LogP contribution < -0.4 is 11.3 Å². The van der Waals surface area contributed by atoms with Gasteiger partial charge in [-0.2, -0.15) is 0 Å². The van der Waals surface area contributed by atoms with Crippen LogP contribution in [-0.4, -0.2) is 14.7 Å². The fourth-order valence-electron chi connectivity index (χ4n) is 2.75. The summed E-state index contributed by atoms with van der Waals surface area (Å²) in [6.45, 7) is 0. The van der Waals surface area contributed by atoms with E-state index in [2.05, 4.69) is 10.4 Å². The van der Waals surface area contributed by atoms with Crippen molar-refractivity contribution in [2.24, 2.45) is 5.84 Å². The number of phenols is 1. The molecule has 1 heterocycles. The molecule has 0 unspecified atom stereocenters. The number of para-hydroxylation sites is 1. The van der Waals surface area contributed by atoms with Crippen LogP contribution in [0.15, 0.2) is 18.2 Å². The van der Waals surface area contributed by atoms with E-state index in [-0.39, 0.29) is 5.75 Å². The number of nitrogens with zero attached hydrogens (tertiary/aromatic N) is 2. The van der Waals surface area contributed by atoms with Crippen molar-refractivity contribution in [1.82, 2.24) is 9.55 Å². The highest BCUT2D eigenvalue weighted by atomic mass is 16.3. The van der Waals surface area contributed by atoms with Crippen LogP contribution in [0, 0.1) is 0 Å². The fraction of sp³-hybridized carbons (Fsp3) is 0.417. The van der Waals surface area contributed by atoms with Crippen molar-refractivity contribution >= 4 is 17.0 Å². The number of rotatable bonds is 2. The predicted molar refractivity (Wildman–Crippen MR) is 66.7 cm³/mol. The molecule has 1 aromatic heterocycles. The molecule has 0 aliphatic heterocycles. The molecule has 3 rings (SSSR count). The van der Waals surface area contributed by atoms with Crippen LogP contribution in [0.2, 0.25) is 0 Å². The maximum atomic E-state index is 9.99. The summed E-state index contributed by atoms with van der Waals surface area (Å²) in [6, 6.07) is 5.76. The van der Waals surface area contributed by atoms with Crippen molar-refractivity contribution in [3.63, 3.8) is 0 Å². The number of nitrogen functional groups attached to an aromatic ring is 1. The number of aromatic nitrogens is 2. The Hall–Kier alpha value is -1.75. The van der Waals surface area contributed by atoms with Gasteiger partial charge < -0.3 is 9.67 Å². The first-order valence-electron chi connectivity index (χ1n) is 5.98. The van der Waals surface area contributed by atoms with Gasteiger partial charge in [0.15, 0.2) is 0 Å². The van der Waals surface area contributed by atoms with Crippen molar-refractivity contribution in [3.8, 4) is 5.75 Å². The Balaban J connectivity index is 2.24. The first kappa shape index (κ1) is 10.4. The molecule has 0 radical (unpaired) electrons. The van der Waals surface area contributed by atoms with E-state index in [9.17, 15) is 5.11 Å². The van der Waals surface area contributed by atoms with Crippen LogP contribution in [0.3, 0.4) is 0 Å². The molecule has 1 fully saturated rings. The van der Waals surface area contributed by atoms with Gasteiger partial charge in [0.2, 0.25) is 5.95 Å². The number of phenolic OH excluding ortho intramolecular Hbond substituents is 1. The molecule has 0 atom stereocenters. The second-order valence-corrected chi connectivity index (χ2v) is 4.53. The summed E-state index contributed by atoms with van der Waals surface area (Å²) in [5.74, 6) is 6.42. The summed E-state index contributed by atoms with van der Waals surface area (Å²) < 4.78 is 2.04. The van der Waals surface area contributed by atoms with Crippen molar-refractivity contribution in [2.45, 2.75) is 31.7 Å². The van der Waals surface area contributed by atoms with Crippen molar-refractivity contribution in [1.29, 1.82) is 0 Å². The SMILES string of the molecule is NNc1nc2cccc(O)c2n1C1CCCC1. The Bertz CT molecular complexity index is 543. The number of hydrogen-bond donors (Lipinski definition) is 3. The number of hydrazine groups is 1. The van der Waals surface area contributed by atoms with E-state index in [0.717, 1.165) is 23.9 Å². The number of aromatic hydroxyl groups is 1. The van der Waals surface area contributed by atoms with Crippen molar-refractivity contribution < 1.29 is 5.11 Å². The third-order valence-electron chi connectivity index (χ3n) is 3.51. The Morgan fingerprint density at radius 1 is 1.35 bits per heavy atom. The van der Waals surface area contributed by atoms with E-state index >= 15 is 0 Å². The number of nitrogens with one attached hydrogen (secondary N) is 1. The number of benzene rings is 1. The second-order valence-electron chi connectivity index (χ2n) is 4.53. The molecule has 0 amide bonds. The van der Waals surface area contributed by atoms with E-state index in [4.69, 9.17) is 5.84 Å². The zero-order chi connectivity index (χ0) is 11.8. The molecule has 17 heavy (non-hydrogen) atoms. The maximum absolute atomic E-state index is 9.99. The summed E-state index contributed by atoms with van der Waals surface area (Å²) in [5.41, 5.74) is 4.20. The van der Waals surface area contributed by atoms with Crippen LogP contribution in [-0.2, 0) is 0 Å². The van der Waals surface area contributed by atoms with E-state index in [0.29, 0.717) is 12.0 Å². The molecule has 0 bridgehead atoms. The monoisotopic (exact) mass is 232 g/mol. The molecule has 5 nitrogen and oxygen atoms in total. The van der Waals surface area contributed by atoms with Crippen molar-refractivity contribution in [2.75, 3.05) is 5.43 Å². The van der Waals surface area contributed by atoms with Gasteiger partial charge in [0.1, 0.15) is 11.3 Å². The van der Waals surface area contributed by atoms with Crippen LogP contribution in [0.25, 0.3) is 11.0 Å². The molecule has 90 valence electrons. The minimum Gasteiger partial charge on any atom is -0.506 e. The highest BCUT2D eigenvalue weighted by Gasteiger charge is 2.23. The van der Waals surface area contributed by atoms with Gasteiger partial charge in [-0.1, -0.05) is 18.9 Å². The second kappa shape index (κ2) is 3.92. The van der Waals surface area contributed by atoms with E-state index in [1.807, 2.05) is 10.6 Å². The molecule has 5 heteroatoms. The lowest BCUT2D eigenvalue weighted by Gasteiger charge is -2.15. The predicted octanol–water partition coefficient (Wildman–Crippen LogP) is 2.14. The Kier molecular flexibility index (Phi) is 2.40. The minimum absolute atomic E-state index is 0.267. The lowest BCUT2D eigenvalue weighted by Crippen LogP contribution is -2.15. The largest absolute Gasteiger partial charge is 0.506 e. The summed E-state index contributed by atoms with van der Waals surface area (Å²) >= 11 is 0. The van der Waals surface area contributed by atoms with E-state index in [1.165, 1.54) is 12.8 Å². The molecule has 2 aromatic rings. The van der Waals surface area contributed by atoms with Gasteiger partial charge in [-0.25, -0.2) is 10.8 Å². The summed E-state index contributed by atoms with van der Waals surface area (Å²) in [7, 11) is 0.